The summed E-state index contributed by atoms with van der Waals surface area (Å²) in [5, 5.41) is 4.35. The maximum Gasteiger partial charge on any atom is 0.267 e. The summed E-state index contributed by atoms with van der Waals surface area (Å²) in [6.07, 6.45) is 4.91. The molecule has 5 nitrogen and oxygen atoms in total. The van der Waals surface area contributed by atoms with Crippen molar-refractivity contribution in [1.82, 2.24) is 4.57 Å². The standard InChI is InChI=1S/C16H14N2O3S2/c1-23(20,21)14-7-10-22-15(14)16(19)17-12-5-4-6-13(11-12)18-8-2-3-9-18/h2-11H,1H3,(H,17,19). The normalized spacial score (nSPS) is 11.3. The lowest BCUT2D eigenvalue weighted by Crippen LogP contribution is -2.13. The first-order valence-corrected chi connectivity index (χ1v) is 9.54. The van der Waals surface area contributed by atoms with E-state index >= 15 is 0 Å². The smallest absolute Gasteiger partial charge is 0.267 e. The van der Waals surface area contributed by atoms with Gasteiger partial charge in [-0.05, 0) is 41.8 Å². The molecular formula is C16H14N2O3S2. The van der Waals surface area contributed by atoms with Crippen molar-refractivity contribution >= 4 is 32.8 Å². The van der Waals surface area contributed by atoms with E-state index in [1.165, 1.54) is 6.07 Å². The van der Waals surface area contributed by atoms with Crippen LogP contribution in [0.2, 0.25) is 0 Å². The molecule has 23 heavy (non-hydrogen) atoms. The van der Waals surface area contributed by atoms with Gasteiger partial charge < -0.3 is 9.88 Å². The van der Waals surface area contributed by atoms with Gasteiger partial charge in [0.25, 0.3) is 5.91 Å². The number of carbonyl (C=O) groups excluding carboxylic acids is 1. The van der Waals surface area contributed by atoms with Crippen LogP contribution in [0.4, 0.5) is 5.69 Å². The average Bonchev–Trinajstić information content (AvgIpc) is 3.18. The first-order chi connectivity index (χ1) is 10.9. The van der Waals surface area contributed by atoms with Gasteiger partial charge in [0.05, 0.1) is 4.90 Å². The molecule has 0 fully saturated rings. The third-order valence-electron chi connectivity index (χ3n) is 3.24. The highest BCUT2D eigenvalue weighted by Crippen LogP contribution is 2.23. The molecule has 0 spiro atoms. The number of hydrogen-bond acceptors (Lipinski definition) is 4. The molecule has 0 aliphatic carbocycles. The molecule has 0 atom stereocenters. The first kappa shape index (κ1) is 15.5. The lowest BCUT2D eigenvalue weighted by atomic mass is 10.2. The van der Waals surface area contributed by atoms with Crippen LogP contribution in [0.5, 0.6) is 0 Å². The largest absolute Gasteiger partial charge is 0.324 e. The summed E-state index contributed by atoms with van der Waals surface area (Å²) in [5.41, 5.74) is 1.51. The Kier molecular flexibility index (Phi) is 4.06. The lowest BCUT2D eigenvalue weighted by molar-refractivity contribution is 0.102. The number of carbonyl (C=O) groups is 1. The summed E-state index contributed by atoms with van der Waals surface area (Å²) in [7, 11) is -3.43. The molecule has 0 radical (unpaired) electrons. The van der Waals surface area contributed by atoms with Crippen LogP contribution in [-0.2, 0) is 9.84 Å². The van der Waals surface area contributed by atoms with Crippen LogP contribution >= 0.6 is 11.3 Å². The van der Waals surface area contributed by atoms with Gasteiger partial charge in [-0.3, -0.25) is 4.79 Å². The number of nitrogens with one attached hydrogen (secondary N) is 1. The van der Waals surface area contributed by atoms with Crippen LogP contribution in [0.15, 0.2) is 65.1 Å². The third-order valence-corrected chi connectivity index (χ3v) is 5.42. The van der Waals surface area contributed by atoms with Gasteiger partial charge in [0.2, 0.25) is 0 Å². The molecule has 1 aromatic carbocycles. The van der Waals surface area contributed by atoms with Crippen molar-refractivity contribution in [3.8, 4) is 5.69 Å². The summed E-state index contributed by atoms with van der Waals surface area (Å²) >= 11 is 1.11. The second-order valence-electron chi connectivity index (χ2n) is 4.98. The molecular weight excluding hydrogens is 332 g/mol. The van der Waals surface area contributed by atoms with Crippen molar-refractivity contribution in [2.75, 3.05) is 11.6 Å². The van der Waals surface area contributed by atoms with Gasteiger partial charge in [0.15, 0.2) is 9.84 Å². The van der Waals surface area contributed by atoms with Gasteiger partial charge >= 0.3 is 0 Å². The minimum absolute atomic E-state index is 0.0570. The van der Waals surface area contributed by atoms with E-state index in [0.717, 1.165) is 23.3 Å². The van der Waals surface area contributed by atoms with Gasteiger partial charge in [-0.25, -0.2) is 8.42 Å². The molecule has 0 aliphatic rings. The number of aromatic nitrogens is 1. The highest BCUT2D eigenvalue weighted by molar-refractivity contribution is 7.91. The second-order valence-corrected chi connectivity index (χ2v) is 7.88. The van der Waals surface area contributed by atoms with Crippen molar-refractivity contribution in [3.63, 3.8) is 0 Å². The van der Waals surface area contributed by atoms with Crippen LogP contribution in [0.1, 0.15) is 9.67 Å². The van der Waals surface area contributed by atoms with E-state index in [9.17, 15) is 13.2 Å². The van der Waals surface area contributed by atoms with Crippen molar-refractivity contribution < 1.29 is 13.2 Å². The van der Waals surface area contributed by atoms with E-state index in [1.54, 1.807) is 11.4 Å². The SMILES string of the molecule is CS(=O)(=O)c1ccsc1C(=O)Nc1cccc(-n2cccc2)c1. The molecule has 7 heteroatoms. The molecule has 0 aliphatic heterocycles. The molecule has 1 N–H and O–H groups in total. The van der Waals surface area contributed by atoms with Crippen molar-refractivity contribution in [1.29, 1.82) is 0 Å². The van der Waals surface area contributed by atoms with Gasteiger partial charge in [-0.2, -0.15) is 0 Å². The monoisotopic (exact) mass is 346 g/mol. The number of benzene rings is 1. The Morgan fingerprint density at radius 3 is 2.57 bits per heavy atom. The van der Waals surface area contributed by atoms with E-state index in [4.69, 9.17) is 0 Å². The minimum atomic E-state index is -3.43. The van der Waals surface area contributed by atoms with Crippen LogP contribution in [0.3, 0.4) is 0 Å². The Morgan fingerprint density at radius 1 is 1.13 bits per heavy atom. The molecule has 0 unspecified atom stereocenters. The number of anilines is 1. The highest BCUT2D eigenvalue weighted by Gasteiger charge is 2.20. The van der Waals surface area contributed by atoms with Gasteiger partial charge in [0.1, 0.15) is 4.88 Å². The summed E-state index contributed by atoms with van der Waals surface area (Å²) < 4.78 is 25.3. The van der Waals surface area contributed by atoms with E-state index in [2.05, 4.69) is 5.32 Å². The van der Waals surface area contributed by atoms with Gasteiger partial charge in [-0.1, -0.05) is 6.07 Å². The third kappa shape index (κ3) is 3.35. The second kappa shape index (κ2) is 6.02. The zero-order valence-electron chi connectivity index (χ0n) is 12.3. The molecule has 0 saturated carbocycles. The molecule has 2 aromatic heterocycles. The van der Waals surface area contributed by atoms with Crippen molar-refractivity contribution in [2.45, 2.75) is 4.90 Å². The first-order valence-electron chi connectivity index (χ1n) is 6.77. The number of thiophene rings is 1. The summed E-state index contributed by atoms with van der Waals surface area (Å²) in [4.78, 5) is 12.6. The predicted octanol–water partition coefficient (Wildman–Crippen LogP) is 3.19. The fraction of sp³-hybridized carbons (Fsp3) is 0.0625. The van der Waals surface area contributed by atoms with Crippen molar-refractivity contribution in [2.24, 2.45) is 0 Å². The number of nitrogens with zero attached hydrogens (tertiary/aromatic N) is 1. The quantitative estimate of drug-likeness (QED) is 0.789. The molecule has 0 saturated heterocycles. The Morgan fingerprint density at radius 2 is 1.87 bits per heavy atom. The Hall–Kier alpha value is -2.38. The molecule has 118 valence electrons. The number of sulfone groups is 1. The topological polar surface area (TPSA) is 68.2 Å². The fourth-order valence-electron chi connectivity index (χ4n) is 2.19. The Bertz CT molecular complexity index is 941. The highest BCUT2D eigenvalue weighted by atomic mass is 32.2. The number of amides is 1. The average molecular weight is 346 g/mol. The lowest BCUT2D eigenvalue weighted by Gasteiger charge is -2.08. The van der Waals surface area contributed by atoms with E-state index < -0.39 is 15.7 Å². The summed E-state index contributed by atoms with van der Waals surface area (Å²) in [6.45, 7) is 0. The van der Waals surface area contributed by atoms with E-state index in [-0.39, 0.29) is 9.77 Å². The molecule has 1 amide bonds. The molecule has 3 rings (SSSR count). The minimum Gasteiger partial charge on any atom is -0.324 e. The predicted molar refractivity (Wildman–Crippen MR) is 91.2 cm³/mol. The number of rotatable bonds is 4. The van der Waals surface area contributed by atoms with E-state index in [1.807, 2.05) is 47.3 Å². The van der Waals surface area contributed by atoms with Crippen LogP contribution in [0.25, 0.3) is 5.69 Å². The van der Waals surface area contributed by atoms with E-state index in [0.29, 0.717) is 5.69 Å². The Labute approximate surface area is 138 Å². The maximum atomic E-state index is 12.4. The summed E-state index contributed by atoms with van der Waals surface area (Å²) in [6, 6.07) is 12.6. The summed E-state index contributed by atoms with van der Waals surface area (Å²) in [5.74, 6) is -0.426. The van der Waals surface area contributed by atoms with Crippen LogP contribution in [-0.4, -0.2) is 25.1 Å². The van der Waals surface area contributed by atoms with Gasteiger partial charge in [-0.15, -0.1) is 11.3 Å². The van der Waals surface area contributed by atoms with Crippen molar-refractivity contribution in [3.05, 3.63) is 65.1 Å². The molecule has 0 bridgehead atoms. The van der Waals surface area contributed by atoms with Gasteiger partial charge in [0, 0.05) is 30.0 Å². The number of hydrogen-bond donors (Lipinski definition) is 1. The zero-order valence-corrected chi connectivity index (χ0v) is 13.9. The maximum absolute atomic E-state index is 12.4. The van der Waals surface area contributed by atoms with Crippen LogP contribution < -0.4 is 5.32 Å². The zero-order chi connectivity index (χ0) is 16.4. The fourth-order valence-corrected chi connectivity index (χ4v) is 4.31. The molecule has 3 aromatic rings. The Balaban J connectivity index is 1.87. The van der Waals surface area contributed by atoms with Crippen LogP contribution in [0, 0.1) is 0 Å². The molecule has 2 heterocycles.